The van der Waals surface area contributed by atoms with Gasteiger partial charge in [-0.3, -0.25) is 4.79 Å². The van der Waals surface area contributed by atoms with Crippen LogP contribution in [0.2, 0.25) is 0 Å². The van der Waals surface area contributed by atoms with Crippen molar-refractivity contribution in [1.29, 1.82) is 0 Å². The molecule has 37 heavy (non-hydrogen) atoms. The van der Waals surface area contributed by atoms with Gasteiger partial charge in [0.2, 0.25) is 0 Å². The van der Waals surface area contributed by atoms with Crippen LogP contribution in [-0.4, -0.2) is 21.0 Å². The maximum absolute atomic E-state index is 14.0. The highest BCUT2D eigenvalue weighted by atomic mass is 19.4. The smallest absolute Gasteiger partial charge is 0.416 e. The maximum atomic E-state index is 14.0. The van der Waals surface area contributed by atoms with Crippen LogP contribution in [0, 0.1) is 5.82 Å². The Kier molecular flexibility index (Phi) is 5.91. The van der Waals surface area contributed by atoms with E-state index in [-0.39, 0.29) is 5.65 Å². The standard InChI is InChI=1S/C25H15F4N5O3/c26-16-6-5-13(25(27,28)29)11-18(16)33-24(36)32-17-7-8-19(15-4-2-1-3-14(15)17)37-20-9-10-30-23-22(20)31-12-21(35)34-23/h1-12H,(H,30,34,35)(H2,32,33,36). The Morgan fingerprint density at radius 3 is 2.43 bits per heavy atom. The van der Waals surface area contributed by atoms with Crippen molar-refractivity contribution in [1.82, 2.24) is 15.0 Å². The molecule has 2 amide bonds. The molecular weight excluding hydrogens is 494 g/mol. The minimum absolute atomic E-state index is 0.242. The highest BCUT2D eigenvalue weighted by Crippen LogP contribution is 2.36. The van der Waals surface area contributed by atoms with Crippen molar-refractivity contribution >= 4 is 39.3 Å². The third-order valence-corrected chi connectivity index (χ3v) is 5.33. The number of carbonyl (C=O) groups excluding carboxylic acids is 1. The topological polar surface area (TPSA) is 109 Å². The van der Waals surface area contributed by atoms with E-state index in [1.54, 1.807) is 36.4 Å². The molecule has 0 saturated carbocycles. The van der Waals surface area contributed by atoms with Gasteiger partial charge in [-0.25, -0.2) is 19.2 Å². The fourth-order valence-corrected chi connectivity index (χ4v) is 3.67. The molecule has 0 unspecified atom stereocenters. The van der Waals surface area contributed by atoms with Crippen LogP contribution in [0.4, 0.5) is 33.7 Å². The molecule has 5 rings (SSSR count). The number of rotatable bonds is 4. The van der Waals surface area contributed by atoms with Crippen molar-refractivity contribution in [3.05, 3.63) is 94.8 Å². The monoisotopic (exact) mass is 509 g/mol. The summed E-state index contributed by atoms with van der Waals surface area (Å²) in [5.41, 5.74) is -1.26. The van der Waals surface area contributed by atoms with E-state index in [0.717, 1.165) is 6.20 Å². The van der Waals surface area contributed by atoms with Crippen molar-refractivity contribution in [2.75, 3.05) is 10.6 Å². The fourth-order valence-electron chi connectivity index (χ4n) is 3.67. The molecule has 0 spiro atoms. The van der Waals surface area contributed by atoms with Crippen LogP contribution in [0.15, 0.2) is 77.9 Å². The van der Waals surface area contributed by atoms with Gasteiger partial charge in [0.25, 0.3) is 5.56 Å². The minimum atomic E-state index is -4.70. The molecule has 0 aliphatic carbocycles. The molecule has 3 aromatic carbocycles. The Balaban J connectivity index is 1.44. The lowest BCUT2D eigenvalue weighted by Crippen LogP contribution is -2.21. The minimum Gasteiger partial charge on any atom is -0.454 e. The lowest BCUT2D eigenvalue weighted by molar-refractivity contribution is -0.137. The number of benzene rings is 3. The van der Waals surface area contributed by atoms with Crippen LogP contribution in [0.1, 0.15) is 5.56 Å². The van der Waals surface area contributed by atoms with Gasteiger partial charge in [0.05, 0.1) is 23.1 Å². The zero-order valence-corrected chi connectivity index (χ0v) is 18.6. The van der Waals surface area contributed by atoms with Gasteiger partial charge in [-0.1, -0.05) is 24.3 Å². The highest BCUT2D eigenvalue weighted by molar-refractivity contribution is 6.07. The van der Waals surface area contributed by atoms with Crippen LogP contribution in [0.5, 0.6) is 11.5 Å². The van der Waals surface area contributed by atoms with Gasteiger partial charge in [-0.2, -0.15) is 13.2 Å². The molecule has 0 aliphatic rings. The molecule has 0 bridgehead atoms. The van der Waals surface area contributed by atoms with E-state index >= 15 is 0 Å². The molecule has 0 radical (unpaired) electrons. The second-order valence-electron chi connectivity index (χ2n) is 7.78. The Morgan fingerprint density at radius 1 is 0.892 bits per heavy atom. The number of ether oxygens (including phenoxy) is 1. The first-order chi connectivity index (χ1) is 17.7. The third-order valence-electron chi connectivity index (χ3n) is 5.33. The zero-order valence-electron chi connectivity index (χ0n) is 18.6. The maximum Gasteiger partial charge on any atom is 0.416 e. The summed E-state index contributed by atoms with van der Waals surface area (Å²) in [6.07, 6.45) is -2.14. The lowest BCUT2D eigenvalue weighted by atomic mass is 10.1. The SMILES string of the molecule is O=C(Nc1cc(C(F)(F)F)ccc1F)Nc1ccc(Oc2ccnc3[nH]c(=O)cnc23)c2ccccc12. The summed E-state index contributed by atoms with van der Waals surface area (Å²) in [6.45, 7) is 0. The predicted octanol–water partition coefficient (Wildman–Crippen LogP) is 6.07. The summed E-state index contributed by atoms with van der Waals surface area (Å²) in [7, 11) is 0. The number of aromatic nitrogens is 3. The van der Waals surface area contributed by atoms with Crippen LogP contribution >= 0.6 is 0 Å². The summed E-state index contributed by atoms with van der Waals surface area (Å²) in [6, 6.07) is 12.4. The molecule has 3 N–H and O–H groups in total. The number of nitrogens with one attached hydrogen (secondary N) is 3. The van der Waals surface area contributed by atoms with Gasteiger partial charge in [-0.05, 0) is 30.3 Å². The number of amides is 2. The molecule has 0 atom stereocenters. The number of urea groups is 1. The summed E-state index contributed by atoms with van der Waals surface area (Å²) >= 11 is 0. The average Bonchev–Trinajstić information content (AvgIpc) is 2.86. The summed E-state index contributed by atoms with van der Waals surface area (Å²) in [5, 5.41) is 5.77. The normalized spacial score (nSPS) is 11.5. The summed E-state index contributed by atoms with van der Waals surface area (Å²) in [4.78, 5) is 34.8. The first-order valence-electron chi connectivity index (χ1n) is 10.7. The molecule has 2 aromatic heterocycles. The second kappa shape index (κ2) is 9.22. The number of nitrogens with zero attached hydrogens (tertiary/aromatic N) is 2. The summed E-state index contributed by atoms with van der Waals surface area (Å²) in [5.74, 6) is -0.299. The second-order valence-corrected chi connectivity index (χ2v) is 7.78. The molecule has 12 heteroatoms. The van der Waals surface area contributed by atoms with Crippen LogP contribution in [-0.2, 0) is 6.18 Å². The Labute approximate surface area is 204 Å². The van der Waals surface area contributed by atoms with E-state index in [1.807, 2.05) is 0 Å². The molecular formula is C25H15F4N5O3. The van der Waals surface area contributed by atoms with Crippen LogP contribution in [0.25, 0.3) is 21.9 Å². The molecule has 186 valence electrons. The quantitative estimate of drug-likeness (QED) is 0.255. The van der Waals surface area contributed by atoms with Gasteiger partial charge in [0.1, 0.15) is 17.1 Å². The van der Waals surface area contributed by atoms with E-state index in [0.29, 0.717) is 51.7 Å². The Hall–Kier alpha value is -5.00. The number of aromatic amines is 1. The molecule has 5 aromatic rings. The van der Waals surface area contributed by atoms with Crippen molar-refractivity contribution < 1.29 is 27.1 Å². The van der Waals surface area contributed by atoms with E-state index in [2.05, 4.69) is 25.6 Å². The van der Waals surface area contributed by atoms with E-state index < -0.39 is 34.8 Å². The number of hydrogen-bond acceptors (Lipinski definition) is 5. The largest absolute Gasteiger partial charge is 0.454 e. The van der Waals surface area contributed by atoms with Gasteiger partial charge in [0, 0.05) is 23.0 Å². The number of alkyl halides is 3. The van der Waals surface area contributed by atoms with Crippen molar-refractivity contribution in [3.63, 3.8) is 0 Å². The van der Waals surface area contributed by atoms with Gasteiger partial charge in [-0.15, -0.1) is 0 Å². The average molecular weight is 509 g/mol. The first-order valence-corrected chi connectivity index (χ1v) is 10.7. The molecule has 0 saturated heterocycles. The van der Waals surface area contributed by atoms with Gasteiger partial charge >= 0.3 is 12.2 Å². The molecule has 2 heterocycles. The van der Waals surface area contributed by atoms with E-state index in [1.165, 1.54) is 12.3 Å². The van der Waals surface area contributed by atoms with Crippen molar-refractivity contribution in [3.8, 4) is 11.5 Å². The van der Waals surface area contributed by atoms with Crippen molar-refractivity contribution in [2.24, 2.45) is 0 Å². The Morgan fingerprint density at radius 2 is 1.65 bits per heavy atom. The number of halogens is 4. The Bertz CT molecular complexity index is 1720. The fraction of sp³-hybridized carbons (Fsp3) is 0.0400. The van der Waals surface area contributed by atoms with E-state index in [9.17, 15) is 27.2 Å². The molecule has 0 aliphatic heterocycles. The first kappa shape index (κ1) is 23.7. The third kappa shape index (κ3) is 4.89. The highest BCUT2D eigenvalue weighted by Gasteiger charge is 2.31. The number of pyridine rings is 1. The van der Waals surface area contributed by atoms with Gasteiger partial charge < -0.3 is 20.4 Å². The van der Waals surface area contributed by atoms with Crippen LogP contribution in [0.3, 0.4) is 0 Å². The number of carbonyl (C=O) groups is 1. The molecule has 0 fully saturated rings. The summed E-state index contributed by atoms with van der Waals surface area (Å²) < 4.78 is 59.0. The lowest BCUT2D eigenvalue weighted by Gasteiger charge is -2.15. The number of fused-ring (bicyclic) bond motifs is 2. The van der Waals surface area contributed by atoms with Crippen LogP contribution < -0.4 is 20.9 Å². The molecule has 8 nitrogen and oxygen atoms in total. The number of hydrogen-bond donors (Lipinski definition) is 3. The van der Waals surface area contributed by atoms with E-state index in [4.69, 9.17) is 4.74 Å². The van der Waals surface area contributed by atoms with Crippen molar-refractivity contribution in [2.45, 2.75) is 6.18 Å². The number of anilines is 2. The number of H-pyrrole nitrogens is 1. The zero-order chi connectivity index (χ0) is 26.2. The predicted molar refractivity (Wildman–Crippen MR) is 128 cm³/mol. The van der Waals surface area contributed by atoms with Gasteiger partial charge in [0.15, 0.2) is 11.4 Å².